The van der Waals surface area contributed by atoms with Gasteiger partial charge in [0.15, 0.2) is 0 Å². The number of likely N-dealkylation sites (tertiary alicyclic amines) is 1. The number of halogens is 1. The summed E-state index contributed by atoms with van der Waals surface area (Å²) in [5.41, 5.74) is -0.491. The molecule has 0 spiro atoms. The number of nitrogens with zero attached hydrogens (tertiary/aromatic N) is 2. The number of carbonyl (C=O) groups excluding carboxylic acids is 1. The number of rotatable bonds is 2. The first-order valence-corrected chi connectivity index (χ1v) is 5.33. The molecule has 17 heavy (non-hydrogen) atoms. The summed E-state index contributed by atoms with van der Waals surface area (Å²) in [4.78, 5) is 23.3. The van der Waals surface area contributed by atoms with Crippen LogP contribution in [-0.4, -0.2) is 28.8 Å². The van der Waals surface area contributed by atoms with E-state index in [0.29, 0.717) is 13.1 Å². The van der Waals surface area contributed by atoms with Crippen molar-refractivity contribution >= 4 is 11.6 Å². The zero-order valence-electron chi connectivity index (χ0n) is 9.06. The molecular formula is C11H11FN2O3. The van der Waals surface area contributed by atoms with Crippen LogP contribution in [0.4, 0.5) is 10.1 Å². The van der Waals surface area contributed by atoms with Crippen LogP contribution >= 0.6 is 0 Å². The Labute approximate surface area is 97.0 Å². The van der Waals surface area contributed by atoms with E-state index in [1.54, 1.807) is 0 Å². The third-order valence-electron chi connectivity index (χ3n) is 2.78. The molecule has 1 fully saturated rings. The van der Waals surface area contributed by atoms with Gasteiger partial charge in [0.2, 0.25) is 0 Å². The van der Waals surface area contributed by atoms with Gasteiger partial charge in [-0.3, -0.25) is 14.9 Å². The fourth-order valence-electron chi connectivity index (χ4n) is 1.88. The van der Waals surface area contributed by atoms with Gasteiger partial charge in [0, 0.05) is 25.2 Å². The van der Waals surface area contributed by atoms with Crippen molar-refractivity contribution in [2.24, 2.45) is 0 Å². The summed E-state index contributed by atoms with van der Waals surface area (Å²) >= 11 is 0. The smallest absolute Gasteiger partial charge is 0.270 e. The summed E-state index contributed by atoms with van der Waals surface area (Å²) in [6.45, 7) is 1.17. The third-order valence-corrected chi connectivity index (χ3v) is 2.78. The van der Waals surface area contributed by atoms with Crippen LogP contribution < -0.4 is 0 Å². The minimum Gasteiger partial charge on any atom is -0.339 e. The van der Waals surface area contributed by atoms with E-state index in [4.69, 9.17) is 0 Å². The lowest BCUT2D eigenvalue weighted by Crippen LogP contribution is -2.28. The van der Waals surface area contributed by atoms with E-state index in [9.17, 15) is 19.3 Å². The second-order valence-corrected chi connectivity index (χ2v) is 3.92. The molecule has 90 valence electrons. The summed E-state index contributed by atoms with van der Waals surface area (Å²) in [7, 11) is 0. The van der Waals surface area contributed by atoms with Crippen molar-refractivity contribution in [2.45, 2.75) is 12.8 Å². The molecule has 1 aromatic carbocycles. The predicted molar refractivity (Wildman–Crippen MR) is 58.2 cm³/mol. The maximum atomic E-state index is 13.5. The standard InChI is InChI=1S/C11H11FN2O3/c12-10-4-3-8(14(16)17)7-9(10)11(15)13-5-1-2-6-13/h3-4,7H,1-2,5-6H2. The van der Waals surface area contributed by atoms with Gasteiger partial charge >= 0.3 is 0 Å². The number of hydrogen-bond donors (Lipinski definition) is 0. The van der Waals surface area contributed by atoms with Crippen LogP contribution in [0.25, 0.3) is 0 Å². The van der Waals surface area contributed by atoms with Gasteiger partial charge in [-0.05, 0) is 18.9 Å². The van der Waals surface area contributed by atoms with Crippen molar-refractivity contribution in [1.29, 1.82) is 0 Å². The minimum atomic E-state index is -0.715. The molecule has 1 aliphatic rings. The minimum absolute atomic E-state index is 0.221. The van der Waals surface area contributed by atoms with Gasteiger partial charge < -0.3 is 4.90 Å². The van der Waals surface area contributed by atoms with Crippen LogP contribution in [0, 0.1) is 15.9 Å². The number of benzene rings is 1. The maximum absolute atomic E-state index is 13.5. The van der Waals surface area contributed by atoms with E-state index in [1.807, 2.05) is 0 Å². The highest BCUT2D eigenvalue weighted by Crippen LogP contribution is 2.20. The molecule has 0 aliphatic carbocycles. The van der Waals surface area contributed by atoms with Crippen molar-refractivity contribution in [3.63, 3.8) is 0 Å². The lowest BCUT2D eigenvalue weighted by molar-refractivity contribution is -0.384. The highest BCUT2D eigenvalue weighted by atomic mass is 19.1. The average molecular weight is 238 g/mol. The van der Waals surface area contributed by atoms with Crippen molar-refractivity contribution in [2.75, 3.05) is 13.1 Å². The molecule has 6 heteroatoms. The van der Waals surface area contributed by atoms with Gasteiger partial charge in [-0.15, -0.1) is 0 Å². The van der Waals surface area contributed by atoms with Gasteiger partial charge in [0.1, 0.15) is 5.82 Å². The topological polar surface area (TPSA) is 63.4 Å². The number of nitro benzene ring substituents is 1. The van der Waals surface area contributed by atoms with Gasteiger partial charge in [-0.2, -0.15) is 0 Å². The van der Waals surface area contributed by atoms with E-state index in [1.165, 1.54) is 4.90 Å². The molecule has 5 nitrogen and oxygen atoms in total. The first-order chi connectivity index (χ1) is 8.09. The molecule has 0 aromatic heterocycles. The van der Waals surface area contributed by atoms with Crippen LogP contribution in [-0.2, 0) is 0 Å². The highest BCUT2D eigenvalue weighted by Gasteiger charge is 2.24. The van der Waals surface area contributed by atoms with E-state index < -0.39 is 16.6 Å². The Hall–Kier alpha value is -1.98. The molecule has 1 amide bonds. The van der Waals surface area contributed by atoms with Crippen LogP contribution in [0.15, 0.2) is 18.2 Å². The Bertz CT molecular complexity index is 470. The summed E-state index contributed by atoms with van der Waals surface area (Å²) in [5, 5.41) is 10.6. The van der Waals surface area contributed by atoms with E-state index in [2.05, 4.69) is 0 Å². The van der Waals surface area contributed by atoms with Crippen LogP contribution in [0.2, 0.25) is 0 Å². The van der Waals surface area contributed by atoms with Crippen molar-refractivity contribution < 1.29 is 14.1 Å². The summed E-state index contributed by atoms with van der Waals surface area (Å²) in [6, 6.07) is 3.01. The molecule has 2 rings (SSSR count). The Balaban J connectivity index is 2.32. The average Bonchev–Trinajstić information content (AvgIpc) is 2.81. The van der Waals surface area contributed by atoms with Gasteiger partial charge in [-0.25, -0.2) is 4.39 Å². The van der Waals surface area contributed by atoms with Crippen LogP contribution in [0.3, 0.4) is 0 Å². The second kappa shape index (κ2) is 4.48. The van der Waals surface area contributed by atoms with E-state index in [-0.39, 0.29) is 11.3 Å². The zero-order valence-corrected chi connectivity index (χ0v) is 9.06. The highest BCUT2D eigenvalue weighted by molar-refractivity contribution is 5.95. The molecule has 0 radical (unpaired) electrons. The fraction of sp³-hybridized carbons (Fsp3) is 0.364. The third kappa shape index (κ3) is 2.25. The first-order valence-electron chi connectivity index (χ1n) is 5.33. The lowest BCUT2D eigenvalue weighted by atomic mass is 10.1. The second-order valence-electron chi connectivity index (χ2n) is 3.92. The number of carbonyl (C=O) groups is 1. The Morgan fingerprint density at radius 3 is 2.59 bits per heavy atom. The quantitative estimate of drug-likeness (QED) is 0.584. The molecule has 1 aliphatic heterocycles. The van der Waals surface area contributed by atoms with Crippen molar-refractivity contribution in [3.05, 3.63) is 39.7 Å². The van der Waals surface area contributed by atoms with Gasteiger partial charge in [0.05, 0.1) is 10.5 Å². The molecular weight excluding hydrogens is 227 g/mol. The van der Waals surface area contributed by atoms with Crippen molar-refractivity contribution in [1.82, 2.24) is 4.90 Å². The molecule has 0 bridgehead atoms. The van der Waals surface area contributed by atoms with E-state index >= 15 is 0 Å². The number of amides is 1. The molecule has 1 saturated heterocycles. The summed E-state index contributed by atoms with van der Waals surface area (Å²) in [6.07, 6.45) is 1.78. The monoisotopic (exact) mass is 238 g/mol. The molecule has 0 saturated carbocycles. The Morgan fingerprint density at radius 1 is 1.35 bits per heavy atom. The van der Waals surface area contributed by atoms with E-state index in [0.717, 1.165) is 31.0 Å². The Morgan fingerprint density at radius 2 is 2.00 bits per heavy atom. The molecule has 1 aromatic rings. The predicted octanol–water partition coefficient (Wildman–Crippen LogP) is 1.97. The van der Waals surface area contributed by atoms with Gasteiger partial charge in [0.25, 0.3) is 11.6 Å². The number of nitro groups is 1. The maximum Gasteiger partial charge on any atom is 0.270 e. The molecule has 0 N–H and O–H groups in total. The normalized spacial score (nSPS) is 15.0. The molecule has 1 heterocycles. The zero-order chi connectivity index (χ0) is 12.4. The van der Waals surface area contributed by atoms with Crippen LogP contribution in [0.5, 0.6) is 0 Å². The van der Waals surface area contributed by atoms with Crippen molar-refractivity contribution in [3.8, 4) is 0 Å². The molecule has 0 unspecified atom stereocenters. The number of hydrogen-bond acceptors (Lipinski definition) is 3. The lowest BCUT2D eigenvalue weighted by Gasteiger charge is -2.15. The summed E-state index contributed by atoms with van der Waals surface area (Å²) in [5.74, 6) is -1.18. The molecule has 0 atom stereocenters. The fourth-order valence-corrected chi connectivity index (χ4v) is 1.88. The SMILES string of the molecule is O=C(c1cc([N+](=O)[O-])ccc1F)N1CCCC1. The summed E-state index contributed by atoms with van der Waals surface area (Å²) < 4.78 is 13.5. The first kappa shape index (κ1) is 11.5. The van der Waals surface area contributed by atoms with Crippen LogP contribution in [0.1, 0.15) is 23.2 Å². The Kier molecular flexibility index (Phi) is 3.03. The number of non-ortho nitro benzene ring substituents is 1. The largest absolute Gasteiger partial charge is 0.339 e. The van der Waals surface area contributed by atoms with Gasteiger partial charge in [-0.1, -0.05) is 0 Å².